The van der Waals surface area contributed by atoms with Gasteiger partial charge in [0.25, 0.3) is 5.91 Å². The van der Waals surface area contributed by atoms with Crippen LogP contribution in [-0.4, -0.2) is 62.6 Å². The Kier molecular flexibility index (Phi) is 17.0. The first kappa shape index (κ1) is 38.9. The van der Waals surface area contributed by atoms with Crippen LogP contribution in [0, 0.1) is 0 Å². The van der Waals surface area contributed by atoms with E-state index in [0.717, 1.165) is 24.9 Å². The molecule has 0 radical (unpaired) electrons. The smallest absolute Gasteiger partial charge is 0.328 e. The molecule has 268 valence electrons. The number of amides is 1. The molecule has 2 aromatic heterocycles. The highest BCUT2D eigenvalue weighted by Crippen LogP contribution is 2.19. The summed E-state index contributed by atoms with van der Waals surface area (Å²) >= 11 is 0. The molecule has 1 aromatic carbocycles. The van der Waals surface area contributed by atoms with Crippen molar-refractivity contribution in [1.82, 2.24) is 25.3 Å². The van der Waals surface area contributed by atoms with Crippen LogP contribution in [0.3, 0.4) is 0 Å². The summed E-state index contributed by atoms with van der Waals surface area (Å²) in [4.78, 5) is 55.8. The van der Waals surface area contributed by atoms with E-state index in [-0.39, 0.29) is 31.2 Å². The minimum Gasteiger partial charge on any atom is -0.481 e. The van der Waals surface area contributed by atoms with E-state index in [1.165, 1.54) is 70.6 Å². The normalized spacial score (nSPS) is 11.7. The number of carboxylic acids is 1. The van der Waals surface area contributed by atoms with Crippen molar-refractivity contribution in [2.24, 2.45) is 0 Å². The second kappa shape index (κ2) is 21.4. The summed E-state index contributed by atoms with van der Waals surface area (Å²) in [5.41, 5.74) is 14.0. The number of esters is 1. The van der Waals surface area contributed by atoms with E-state index in [0.29, 0.717) is 29.0 Å². The quantitative estimate of drug-likeness (QED) is 0.0618. The minimum absolute atomic E-state index is 0.0265. The average Bonchev–Trinajstić information content (AvgIpc) is 3.08. The Hall–Kier alpha value is -4.55. The summed E-state index contributed by atoms with van der Waals surface area (Å²) in [5.74, 6) is -1.99. The van der Waals surface area contributed by atoms with Gasteiger partial charge in [0, 0.05) is 24.7 Å². The van der Waals surface area contributed by atoms with Gasteiger partial charge in [-0.1, -0.05) is 90.4 Å². The first-order valence-electron chi connectivity index (χ1n) is 17.7. The molecule has 0 fully saturated rings. The molecular formula is C36H54N8O5. The number of nitrogens with one attached hydrogen (secondary N) is 1. The molecule has 1 amide bonds. The monoisotopic (exact) mass is 678 g/mol. The Morgan fingerprint density at radius 1 is 0.857 bits per heavy atom. The number of anilines is 3. The lowest BCUT2D eigenvalue weighted by Gasteiger charge is -2.20. The molecule has 0 aliphatic rings. The van der Waals surface area contributed by atoms with Crippen LogP contribution in [0.1, 0.15) is 126 Å². The van der Waals surface area contributed by atoms with E-state index >= 15 is 0 Å². The Bertz CT molecular complexity index is 1470. The van der Waals surface area contributed by atoms with Gasteiger partial charge in [-0.15, -0.1) is 0 Å². The second-order valence-electron chi connectivity index (χ2n) is 12.6. The topological polar surface area (TPSA) is 200 Å². The van der Waals surface area contributed by atoms with E-state index in [4.69, 9.17) is 16.2 Å². The van der Waals surface area contributed by atoms with Crippen LogP contribution in [-0.2, 0) is 20.9 Å². The molecule has 0 saturated heterocycles. The molecule has 2 heterocycles. The Morgan fingerprint density at radius 3 is 2.04 bits per heavy atom. The minimum atomic E-state index is -1.06. The predicted molar refractivity (Wildman–Crippen MR) is 192 cm³/mol. The Labute approximate surface area is 289 Å². The highest BCUT2D eigenvalue weighted by Gasteiger charge is 2.24. The lowest BCUT2D eigenvalue weighted by Crippen LogP contribution is -2.42. The summed E-state index contributed by atoms with van der Waals surface area (Å²) in [6, 6.07) is 5.74. The maximum atomic E-state index is 13.0. The number of hydrogen-bond acceptors (Lipinski definition) is 11. The van der Waals surface area contributed by atoms with Gasteiger partial charge in [-0.2, -0.15) is 9.97 Å². The molecular weight excluding hydrogens is 624 g/mol. The standard InChI is InChI=1S/C36H54N8O5/c1-3-4-5-6-7-8-9-10-11-12-13-14-15-16-23-49-35(48)29(21-22-30(45)46)41-34(47)26-17-19-28(20-18-26)44(2)25-27-24-39-33-31(40-27)32(37)42-36(38)43-33/h17-20,24,29H,3-16,21-23,25H2,1-2H3,(H,41,47)(H,45,46)(H4,37,38,39,42,43). The first-order chi connectivity index (χ1) is 23.7. The molecule has 49 heavy (non-hydrogen) atoms. The van der Waals surface area contributed by atoms with Crippen molar-refractivity contribution >= 4 is 46.5 Å². The third-order valence-electron chi connectivity index (χ3n) is 8.45. The fourth-order valence-corrected chi connectivity index (χ4v) is 5.59. The van der Waals surface area contributed by atoms with Gasteiger partial charge < -0.3 is 31.5 Å². The van der Waals surface area contributed by atoms with Crippen molar-refractivity contribution in [1.29, 1.82) is 0 Å². The SMILES string of the molecule is CCCCCCCCCCCCCCCCOC(=O)C(CCC(=O)O)NC(=O)c1ccc(N(C)Cc2cnc3nc(N)nc(N)c3n2)cc1. The number of nitrogens with zero attached hydrogens (tertiary/aromatic N) is 5. The number of nitrogen functional groups attached to an aromatic ring is 2. The maximum Gasteiger partial charge on any atom is 0.328 e. The van der Waals surface area contributed by atoms with E-state index in [1.54, 1.807) is 30.5 Å². The number of rotatable bonds is 24. The number of benzene rings is 1. The molecule has 0 spiro atoms. The molecule has 0 bridgehead atoms. The maximum absolute atomic E-state index is 13.0. The number of fused-ring (bicyclic) bond motifs is 1. The number of ether oxygens (including phenoxy) is 1. The van der Waals surface area contributed by atoms with Gasteiger partial charge in [0.2, 0.25) is 5.95 Å². The summed E-state index contributed by atoms with van der Waals surface area (Å²) in [7, 11) is 1.86. The number of aromatic nitrogens is 4. The van der Waals surface area contributed by atoms with Crippen LogP contribution in [0.2, 0.25) is 0 Å². The molecule has 0 aliphatic heterocycles. The van der Waals surface area contributed by atoms with Crippen LogP contribution in [0.5, 0.6) is 0 Å². The number of hydrogen-bond donors (Lipinski definition) is 4. The zero-order chi connectivity index (χ0) is 35.4. The Morgan fingerprint density at radius 2 is 1.45 bits per heavy atom. The summed E-state index contributed by atoms with van der Waals surface area (Å²) in [6.45, 7) is 2.88. The predicted octanol–water partition coefficient (Wildman–Crippen LogP) is 6.21. The zero-order valence-corrected chi connectivity index (χ0v) is 29.2. The van der Waals surface area contributed by atoms with Gasteiger partial charge >= 0.3 is 11.9 Å². The van der Waals surface area contributed by atoms with Crippen molar-refractivity contribution < 1.29 is 24.2 Å². The molecule has 13 nitrogen and oxygen atoms in total. The van der Waals surface area contributed by atoms with Crippen LogP contribution < -0.4 is 21.7 Å². The third-order valence-corrected chi connectivity index (χ3v) is 8.45. The molecule has 1 unspecified atom stereocenters. The summed E-state index contributed by atoms with van der Waals surface area (Å²) in [6.07, 6.45) is 18.5. The number of aliphatic carboxylic acids is 1. The lowest BCUT2D eigenvalue weighted by molar-refractivity contribution is -0.146. The third kappa shape index (κ3) is 14.2. The molecule has 1 atom stereocenters. The summed E-state index contributed by atoms with van der Waals surface area (Å²) in [5, 5.41) is 11.8. The first-order valence-corrected chi connectivity index (χ1v) is 17.7. The molecule has 13 heteroatoms. The van der Waals surface area contributed by atoms with Gasteiger partial charge in [-0.3, -0.25) is 9.59 Å². The largest absolute Gasteiger partial charge is 0.481 e. The highest BCUT2D eigenvalue weighted by molar-refractivity contribution is 5.97. The fraction of sp³-hybridized carbons (Fsp3) is 0.583. The van der Waals surface area contributed by atoms with Gasteiger partial charge in [-0.05, 0) is 37.1 Å². The van der Waals surface area contributed by atoms with Crippen molar-refractivity contribution in [3.63, 3.8) is 0 Å². The van der Waals surface area contributed by atoms with E-state index < -0.39 is 23.9 Å². The van der Waals surface area contributed by atoms with Crippen molar-refractivity contribution in [3.05, 3.63) is 41.7 Å². The number of carboxylic acid groups (broad SMARTS) is 1. The molecule has 3 rings (SSSR count). The second-order valence-corrected chi connectivity index (χ2v) is 12.6. The molecule has 0 saturated carbocycles. The number of unbranched alkanes of at least 4 members (excludes halogenated alkanes) is 13. The van der Waals surface area contributed by atoms with E-state index in [9.17, 15) is 19.5 Å². The number of nitrogens with two attached hydrogens (primary N) is 2. The van der Waals surface area contributed by atoms with Gasteiger partial charge in [0.05, 0.1) is 25.0 Å². The number of carbonyl (C=O) groups is 3. The van der Waals surface area contributed by atoms with Crippen LogP contribution in [0.4, 0.5) is 17.5 Å². The van der Waals surface area contributed by atoms with Crippen molar-refractivity contribution in [3.8, 4) is 0 Å². The molecule has 3 aromatic rings. The van der Waals surface area contributed by atoms with E-state index in [2.05, 4.69) is 32.2 Å². The van der Waals surface area contributed by atoms with Crippen LogP contribution >= 0.6 is 0 Å². The lowest BCUT2D eigenvalue weighted by atomic mass is 10.0. The van der Waals surface area contributed by atoms with Gasteiger partial charge in [-0.25, -0.2) is 14.8 Å². The summed E-state index contributed by atoms with van der Waals surface area (Å²) < 4.78 is 5.44. The average molecular weight is 679 g/mol. The van der Waals surface area contributed by atoms with Gasteiger partial charge in [0.15, 0.2) is 17.0 Å². The fourth-order valence-electron chi connectivity index (χ4n) is 5.59. The van der Waals surface area contributed by atoms with Crippen LogP contribution in [0.15, 0.2) is 30.5 Å². The Balaban J connectivity index is 1.39. The van der Waals surface area contributed by atoms with Crippen LogP contribution in [0.25, 0.3) is 11.2 Å². The van der Waals surface area contributed by atoms with E-state index in [1.807, 2.05) is 11.9 Å². The van der Waals surface area contributed by atoms with Crippen molar-refractivity contribution in [2.45, 2.75) is 122 Å². The number of carbonyl (C=O) groups excluding carboxylic acids is 2. The molecule has 6 N–H and O–H groups in total. The molecule has 0 aliphatic carbocycles. The zero-order valence-electron chi connectivity index (χ0n) is 29.2. The van der Waals surface area contributed by atoms with Crippen molar-refractivity contribution in [2.75, 3.05) is 30.0 Å². The highest BCUT2D eigenvalue weighted by atomic mass is 16.5. The van der Waals surface area contributed by atoms with Gasteiger partial charge in [0.1, 0.15) is 6.04 Å².